The molecule has 0 amide bonds. The maximum Gasteiger partial charge on any atom is 0.263 e. The molecule has 0 radical (unpaired) electrons. The highest BCUT2D eigenvalue weighted by Crippen LogP contribution is 2.66. The first-order valence-electron chi connectivity index (χ1n) is 12.6. The number of hydrogen-bond acceptors (Lipinski definition) is 7. The molecule has 36 heavy (non-hydrogen) atoms. The maximum absolute atomic E-state index is 15.0. The molecule has 1 N–H and O–H groups in total. The predicted octanol–water partition coefficient (Wildman–Crippen LogP) is 3.69. The van der Waals surface area contributed by atoms with E-state index in [9.17, 15) is 9.59 Å². The van der Waals surface area contributed by atoms with Crippen LogP contribution in [-0.2, 0) is 5.54 Å². The lowest BCUT2D eigenvalue weighted by Crippen LogP contribution is -2.69. The van der Waals surface area contributed by atoms with Crippen molar-refractivity contribution in [3.63, 3.8) is 0 Å². The number of likely N-dealkylation sites (N-methyl/N-ethyl adjacent to an activating group) is 1. The second-order valence-corrected chi connectivity index (χ2v) is 10.8. The van der Waals surface area contributed by atoms with Crippen LogP contribution in [0.4, 0.5) is 21.7 Å². The van der Waals surface area contributed by atoms with Crippen LogP contribution < -0.4 is 15.8 Å². The molecule has 3 heterocycles. The fraction of sp³-hybridized carbons (Fsp3) is 0.481. The van der Waals surface area contributed by atoms with Crippen molar-refractivity contribution < 1.29 is 9.18 Å². The quantitative estimate of drug-likeness (QED) is 0.546. The Balaban J connectivity index is 1.38. The third-order valence-electron chi connectivity index (χ3n) is 8.81. The number of aryl methyl sites for hydroxylation is 1. The van der Waals surface area contributed by atoms with Gasteiger partial charge >= 0.3 is 0 Å². The molecule has 8 nitrogen and oxygen atoms in total. The number of halogens is 1. The Bertz CT molecular complexity index is 1450. The van der Waals surface area contributed by atoms with E-state index < -0.39 is 0 Å². The van der Waals surface area contributed by atoms with E-state index in [4.69, 9.17) is 4.98 Å². The summed E-state index contributed by atoms with van der Waals surface area (Å²) in [5.41, 5.74) is 1.91. The van der Waals surface area contributed by atoms with Crippen molar-refractivity contribution in [2.24, 2.45) is 11.8 Å². The number of benzene rings is 1. The molecular weight excluding hydrogens is 459 g/mol. The normalized spacial score (nSPS) is 25.4. The molecule has 188 valence electrons. The molecule has 0 spiro atoms. The van der Waals surface area contributed by atoms with Crippen molar-refractivity contribution in [3.05, 3.63) is 51.7 Å². The number of fused-ring (bicyclic) bond motifs is 1. The van der Waals surface area contributed by atoms with E-state index in [1.807, 2.05) is 6.07 Å². The molecule has 9 heteroatoms. The molecule has 4 aliphatic rings. The number of pyridine rings is 1. The number of anilines is 3. The Labute approximate surface area is 209 Å². The van der Waals surface area contributed by atoms with Gasteiger partial charge < -0.3 is 15.1 Å². The Morgan fingerprint density at radius 1 is 1.19 bits per heavy atom. The number of nitrogens with zero attached hydrogens (tertiary/aromatic N) is 5. The lowest BCUT2D eigenvalue weighted by Gasteiger charge is -2.68. The number of carbonyl (C=O) groups is 1. The standard InChI is InChI=1S/C27H31FN6O2/c1-15-20-14-29-26(30-19-5-6-22(21(28)11-19)33-9-7-32(4)8-10-33)31-24(20)34(25(36)23(15)17(3)35)27-12-18(13-27)16(27)2/h5-6,11,14,16,18H,7-10,12-13H2,1-4H3,(H,29,30,31)/t16-,18?,27?/m1/s1. The first-order valence-corrected chi connectivity index (χ1v) is 12.6. The SMILES string of the molecule is CC(=O)c1c(C)c2cnc(Nc3ccc(N4CCN(C)CC4)c(F)c3)nc2n(C23CC(C2)[C@H]3C)c1=O. The van der Waals surface area contributed by atoms with E-state index in [-0.39, 0.29) is 34.2 Å². The van der Waals surface area contributed by atoms with Crippen molar-refractivity contribution in [1.82, 2.24) is 19.4 Å². The van der Waals surface area contributed by atoms with Gasteiger partial charge in [0.05, 0.1) is 16.8 Å². The summed E-state index contributed by atoms with van der Waals surface area (Å²) in [6.07, 6.45) is 3.51. The van der Waals surface area contributed by atoms with Gasteiger partial charge in [-0.05, 0) is 69.3 Å². The highest BCUT2D eigenvalue weighted by Gasteiger charge is 2.65. The fourth-order valence-electron chi connectivity index (χ4n) is 6.29. The summed E-state index contributed by atoms with van der Waals surface area (Å²) in [5.74, 6) is 0.729. The molecule has 2 aromatic heterocycles. The van der Waals surface area contributed by atoms with Gasteiger partial charge in [0, 0.05) is 43.4 Å². The number of carbonyl (C=O) groups excluding carboxylic acids is 1. The third-order valence-corrected chi connectivity index (χ3v) is 8.81. The molecule has 3 aromatic rings. The molecule has 4 fully saturated rings. The van der Waals surface area contributed by atoms with Crippen molar-refractivity contribution in [3.8, 4) is 0 Å². The molecule has 3 aliphatic carbocycles. The Kier molecular flexibility index (Phi) is 5.19. The largest absolute Gasteiger partial charge is 0.367 e. The first-order chi connectivity index (χ1) is 17.2. The van der Waals surface area contributed by atoms with Crippen LogP contribution in [0.1, 0.15) is 42.6 Å². The van der Waals surface area contributed by atoms with Gasteiger partial charge in [0.2, 0.25) is 5.95 Å². The fourth-order valence-corrected chi connectivity index (χ4v) is 6.29. The smallest absolute Gasteiger partial charge is 0.263 e. The second kappa shape index (κ2) is 8.09. The highest BCUT2D eigenvalue weighted by molar-refractivity contribution is 5.99. The van der Waals surface area contributed by atoms with Gasteiger partial charge in [0.15, 0.2) is 5.78 Å². The third kappa shape index (κ3) is 3.28. The van der Waals surface area contributed by atoms with Crippen LogP contribution in [0, 0.1) is 24.6 Å². The lowest BCUT2D eigenvalue weighted by molar-refractivity contribution is -0.162. The van der Waals surface area contributed by atoms with Gasteiger partial charge in [0.25, 0.3) is 5.56 Å². The van der Waals surface area contributed by atoms with Gasteiger partial charge in [-0.3, -0.25) is 14.2 Å². The summed E-state index contributed by atoms with van der Waals surface area (Å²) in [5, 5.41) is 3.81. The Morgan fingerprint density at radius 2 is 1.92 bits per heavy atom. The van der Waals surface area contributed by atoms with Crippen LogP contribution in [-0.4, -0.2) is 58.4 Å². The summed E-state index contributed by atoms with van der Waals surface area (Å²) in [6, 6.07) is 5.07. The van der Waals surface area contributed by atoms with Gasteiger partial charge in [-0.25, -0.2) is 9.37 Å². The van der Waals surface area contributed by atoms with Gasteiger partial charge in [-0.2, -0.15) is 4.98 Å². The Morgan fingerprint density at radius 3 is 2.50 bits per heavy atom. The topological polar surface area (TPSA) is 83.4 Å². The van der Waals surface area contributed by atoms with Crippen LogP contribution in [0.2, 0.25) is 0 Å². The van der Waals surface area contributed by atoms with E-state index in [2.05, 4.69) is 34.1 Å². The zero-order valence-electron chi connectivity index (χ0n) is 21.1. The molecule has 3 saturated carbocycles. The summed E-state index contributed by atoms with van der Waals surface area (Å²) >= 11 is 0. The van der Waals surface area contributed by atoms with Crippen LogP contribution in [0.3, 0.4) is 0 Å². The van der Waals surface area contributed by atoms with Crippen molar-refractivity contribution in [2.45, 2.75) is 39.2 Å². The number of Topliss-reactive ketones (excluding diaryl/α,β-unsaturated/α-hetero) is 1. The van der Waals surface area contributed by atoms with Crippen LogP contribution in [0.15, 0.2) is 29.2 Å². The summed E-state index contributed by atoms with van der Waals surface area (Å²) in [7, 11) is 2.07. The minimum Gasteiger partial charge on any atom is -0.367 e. The van der Waals surface area contributed by atoms with Crippen LogP contribution >= 0.6 is 0 Å². The Hall–Kier alpha value is -3.33. The molecule has 1 aliphatic heterocycles. The van der Waals surface area contributed by atoms with E-state index in [1.165, 1.54) is 13.0 Å². The maximum atomic E-state index is 15.0. The number of rotatable bonds is 5. The average Bonchev–Trinajstić information content (AvgIpc) is 2.81. The lowest BCUT2D eigenvalue weighted by atomic mass is 9.42. The van der Waals surface area contributed by atoms with Gasteiger partial charge in [-0.1, -0.05) is 6.92 Å². The molecule has 7 rings (SSSR count). The summed E-state index contributed by atoms with van der Waals surface area (Å²) in [4.78, 5) is 39.5. The number of aromatic nitrogens is 3. The number of piperazine rings is 1. The zero-order valence-corrected chi connectivity index (χ0v) is 21.1. The van der Waals surface area contributed by atoms with Crippen molar-refractivity contribution in [2.75, 3.05) is 43.4 Å². The van der Waals surface area contributed by atoms with Gasteiger partial charge in [0.1, 0.15) is 11.5 Å². The number of hydrogen-bond donors (Lipinski definition) is 1. The van der Waals surface area contributed by atoms with Crippen molar-refractivity contribution in [1.29, 1.82) is 0 Å². The molecule has 2 bridgehead atoms. The molecular formula is C27H31FN6O2. The van der Waals surface area contributed by atoms with Crippen LogP contribution in [0.5, 0.6) is 0 Å². The average molecular weight is 491 g/mol. The zero-order chi connectivity index (χ0) is 25.4. The van der Waals surface area contributed by atoms with Gasteiger partial charge in [-0.15, -0.1) is 0 Å². The monoisotopic (exact) mass is 490 g/mol. The number of nitrogens with one attached hydrogen (secondary N) is 1. The minimum atomic E-state index is -0.299. The van der Waals surface area contributed by atoms with E-state index in [0.29, 0.717) is 39.8 Å². The minimum absolute atomic E-state index is 0.213. The highest BCUT2D eigenvalue weighted by atomic mass is 19.1. The van der Waals surface area contributed by atoms with Crippen LogP contribution in [0.25, 0.3) is 11.0 Å². The van der Waals surface area contributed by atoms with E-state index in [1.54, 1.807) is 23.8 Å². The molecule has 1 aromatic carbocycles. The molecule has 1 atom stereocenters. The molecule has 1 saturated heterocycles. The first kappa shape index (κ1) is 23.1. The predicted molar refractivity (Wildman–Crippen MR) is 138 cm³/mol. The second-order valence-electron chi connectivity index (χ2n) is 10.8. The number of ketones is 1. The van der Waals surface area contributed by atoms with E-state index >= 15 is 4.39 Å². The molecule has 0 unspecified atom stereocenters. The van der Waals surface area contributed by atoms with E-state index in [0.717, 1.165) is 39.0 Å². The summed E-state index contributed by atoms with van der Waals surface area (Å²) in [6.45, 7) is 8.74. The summed E-state index contributed by atoms with van der Waals surface area (Å²) < 4.78 is 16.8. The van der Waals surface area contributed by atoms with Crippen molar-refractivity contribution >= 4 is 34.1 Å².